The van der Waals surface area contributed by atoms with Crippen molar-refractivity contribution in [3.63, 3.8) is 0 Å². The maximum Gasteiger partial charge on any atom is 0.298 e. The molecule has 0 amide bonds. The van der Waals surface area contributed by atoms with Crippen molar-refractivity contribution in [2.75, 3.05) is 24.6 Å². The SMILES string of the molecule is Cc1nc(C2CCCN(c3nc4cc(Cl)ccc4o3)C2)n(CCCO)n1. The molecule has 1 saturated heterocycles. The molecule has 138 valence electrons. The number of piperidine rings is 1. The van der Waals surface area contributed by atoms with E-state index in [1.807, 2.05) is 29.8 Å². The van der Waals surface area contributed by atoms with Crippen LogP contribution in [0.25, 0.3) is 11.1 Å². The van der Waals surface area contributed by atoms with Crippen LogP contribution in [0.2, 0.25) is 5.02 Å². The molecule has 2 aromatic heterocycles. The summed E-state index contributed by atoms with van der Waals surface area (Å²) in [6.45, 7) is 4.44. The van der Waals surface area contributed by atoms with E-state index in [1.54, 1.807) is 0 Å². The maximum absolute atomic E-state index is 9.12. The number of hydrogen-bond acceptors (Lipinski definition) is 6. The number of rotatable bonds is 5. The molecule has 1 N–H and O–H groups in total. The molecular weight excluding hydrogens is 354 g/mol. The van der Waals surface area contributed by atoms with E-state index in [2.05, 4.69) is 20.0 Å². The van der Waals surface area contributed by atoms with Gasteiger partial charge >= 0.3 is 0 Å². The first kappa shape index (κ1) is 17.3. The minimum absolute atomic E-state index is 0.153. The van der Waals surface area contributed by atoms with Crippen LogP contribution in [0, 0.1) is 6.92 Å². The van der Waals surface area contributed by atoms with Gasteiger partial charge in [-0.25, -0.2) is 9.67 Å². The Morgan fingerprint density at radius 1 is 1.35 bits per heavy atom. The van der Waals surface area contributed by atoms with E-state index in [-0.39, 0.29) is 12.5 Å². The van der Waals surface area contributed by atoms with Crippen molar-refractivity contribution in [1.29, 1.82) is 0 Å². The Balaban J connectivity index is 1.57. The Labute approximate surface area is 156 Å². The van der Waals surface area contributed by atoms with Gasteiger partial charge in [0, 0.05) is 37.2 Å². The van der Waals surface area contributed by atoms with Gasteiger partial charge in [0.1, 0.15) is 17.2 Å². The number of anilines is 1. The largest absolute Gasteiger partial charge is 0.423 e. The molecular formula is C18H22ClN5O2. The molecule has 0 aliphatic carbocycles. The standard InChI is InChI=1S/C18H22ClN5O2/c1-12-20-17(24(22-12)8-3-9-25)13-4-2-7-23(11-13)18-21-15-10-14(19)5-6-16(15)26-18/h5-6,10,13,25H,2-4,7-9,11H2,1H3. The van der Waals surface area contributed by atoms with Gasteiger partial charge in [-0.2, -0.15) is 10.1 Å². The topological polar surface area (TPSA) is 80.2 Å². The molecule has 1 fully saturated rings. The summed E-state index contributed by atoms with van der Waals surface area (Å²) >= 11 is 6.05. The first-order valence-corrected chi connectivity index (χ1v) is 9.35. The molecule has 0 saturated carbocycles. The molecule has 8 heteroatoms. The average molecular weight is 376 g/mol. The summed E-state index contributed by atoms with van der Waals surface area (Å²) in [5.41, 5.74) is 1.52. The van der Waals surface area contributed by atoms with Gasteiger partial charge in [-0.3, -0.25) is 0 Å². The summed E-state index contributed by atoms with van der Waals surface area (Å²) in [7, 11) is 0. The Bertz CT molecular complexity index is 906. The zero-order valence-corrected chi connectivity index (χ0v) is 15.5. The number of aromatic nitrogens is 4. The van der Waals surface area contributed by atoms with Crippen LogP contribution >= 0.6 is 11.6 Å². The van der Waals surface area contributed by atoms with Crippen molar-refractivity contribution in [3.05, 3.63) is 34.9 Å². The molecule has 1 aliphatic heterocycles. The molecule has 7 nitrogen and oxygen atoms in total. The first-order chi connectivity index (χ1) is 12.6. The number of halogens is 1. The van der Waals surface area contributed by atoms with Crippen molar-refractivity contribution < 1.29 is 9.52 Å². The molecule has 3 heterocycles. The van der Waals surface area contributed by atoms with E-state index < -0.39 is 0 Å². The van der Waals surface area contributed by atoms with E-state index in [4.69, 9.17) is 21.1 Å². The second kappa shape index (κ2) is 7.25. The quantitative estimate of drug-likeness (QED) is 0.737. The van der Waals surface area contributed by atoms with Crippen LogP contribution in [0.1, 0.15) is 36.8 Å². The Morgan fingerprint density at radius 2 is 2.23 bits per heavy atom. The van der Waals surface area contributed by atoms with Crippen molar-refractivity contribution in [3.8, 4) is 0 Å². The summed E-state index contributed by atoms with van der Waals surface area (Å²) in [5.74, 6) is 2.02. The highest BCUT2D eigenvalue weighted by Crippen LogP contribution is 2.31. The van der Waals surface area contributed by atoms with E-state index in [1.165, 1.54) is 0 Å². The summed E-state index contributed by atoms with van der Waals surface area (Å²) < 4.78 is 7.86. The lowest BCUT2D eigenvalue weighted by molar-refractivity contribution is 0.274. The minimum atomic E-state index is 0.153. The van der Waals surface area contributed by atoms with Gasteiger partial charge in [-0.1, -0.05) is 11.6 Å². The molecule has 1 atom stereocenters. The van der Waals surface area contributed by atoms with E-state index in [9.17, 15) is 0 Å². The number of nitrogens with zero attached hydrogens (tertiary/aromatic N) is 5. The average Bonchev–Trinajstić information content (AvgIpc) is 3.23. The monoisotopic (exact) mass is 375 g/mol. The zero-order valence-electron chi connectivity index (χ0n) is 14.7. The predicted octanol–water partition coefficient (Wildman–Crippen LogP) is 3.15. The minimum Gasteiger partial charge on any atom is -0.423 e. The van der Waals surface area contributed by atoms with Crippen LogP contribution in [0.3, 0.4) is 0 Å². The van der Waals surface area contributed by atoms with Gasteiger partial charge in [0.25, 0.3) is 6.01 Å². The molecule has 0 radical (unpaired) electrons. The van der Waals surface area contributed by atoms with Crippen LogP contribution < -0.4 is 4.90 Å². The van der Waals surface area contributed by atoms with Gasteiger partial charge < -0.3 is 14.4 Å². The third-order valence-corrected chi connectivity index (χ3v) is 4.96. The second-order valence-corrected chi connectivity index (χ2v) is 7.15. The predicted molar refractivity (Wildman–Crippen MR) is 99.7 cm³/mol. The van der Waals surface area contributed by atoms with Crippen molar-refractivity contribution >= 4 is 28.7 Å². The number of hydrogen-bond donors (Lipinski definition) is 1. The fraction of sp³-hybridized carbons (Fsp3) is 0.500. The zero-order chi connectivity index (χ0) is 18.1. The van der Waals surface area contributed by atoms with Crippen LogP contribution in [-0.4, -0.2) is 44.6 Å². The molecule has 3 aromatic rings. The van der Waals surface area contributed by atoms with Crippen molar-refractivity contribution in [2.24, 2.45) is 0 Å². The normalized spacial score (nSPS) is 18.0. The fourth-order valence-corrected chi connectivity index (χ4v) is 3.71. The second-order valence-electron chi connectivity index (χ2n) is 6.71. The molecule has 4 rings (SSSR count). The molecule has 0 bridgehead atoms. The summed E-state index contributed by atoms with van der Waals surface area (Å²) in [4.78, 5) is 11.4. The lowest BCUT2D eigenvalue weighted by Crippen LogP contribution is -2.35. The number of aliphatic hydroxyl groups is 1. The first-order valence-electron chi connectivity index (χ1n) is 8.97. The Kier molecular flexibility index (Phi) is 4.82. The van der Waals surface area contributed by atoms with Crippen LogP contribution in [0.5, 0.6) is 0 Å². The summed E-state index contributed by atoms with van der Waals surface area (Å²) in [6, 6.07) is 6.11. The van der Waals surface area contributed by atoms with Crippen LogP contribution in [-0.2, 0) is 6.54 Å². The van der Waals surface area contributed by atoms with Crippen LogP contribution in [0.4, 0.5) is 6.01 Å². The summed E-state index contributed by atoms with van der Waals surface area (Å²) in [6.07, 6.45) is 2.77. The molecule has 1 aromatic carbocycles. The Morgan fingerprint density at radius 3 is 3.08 bits per heavy atom. The third-order valence-electron chi connectivity index (χ3n) is 4.73. The molecule has 1 aliphatic rings. The highest BCUT2D eigenvalue weighted by molar-refractivity contribution is 6.31. The van der Waals surface area contributed by atoms with E-state index in [0.717, 1.165) is 48.7 Å². The maximum atomic E-state index is 9.12. The van der Waals surface area contributed by atoms with Crippen LogP contribution in [0.15, 0.2) is 22.6 Å². The highest BCUT2D eigenvalue weighted by atomic mass is 35.5. The number of oxazole rings is 1. The van der Waals surface area contributed by atoms with Gasteiger partial charge in [0.05, 0.1) is 0 Å². The lowest BCUT2D eigenvalue weighted by atomic mass is 9.97. The Hall–Kier alpha value is -2.12. The highest BCUT2D eigenvalue weighted by Gasteiger charge is 2.28. The van der Waals surface area contributed by atoms with Gasteiger partial charge in [-0.05, 0) is 44.4 Å². The fourth-order valence-electron chi connectivity index (χ4n) is 3.54. The number of benzene rings is 1. The third kappa shape index (κ3) is 3.41. The number of aryl methyl sites for hydroxylation is 2. The number of fused-ring (bicyclic) bond motifs is 1. The van der Waals surface area contributed by atoms with Crippen molar-refractivity contribution in [2.45, 2.75) is 38.6 Å². The molecule has 0 spiro atoms. The van der Waals surface area contributed by atoms with E-state index >= 15 is 0 Å². The van der Waals surface area contributed by atoms with E-state index in [0.29, 0.717) is 24.0 Å². The lowest BCUT2D eigenvalue weighted by Gasteiger charge is -2.31. The van der Waals surface area contributed by atoms with Crippen molar-refractivity contribution in [1.82, 2.24) is 19.7 Å². The van der Waals surface area contributed by atoms with Gasteiger partial charge in [0.2, 0.25) is 0 Å². The van der Waals surface area contributed by atoms with Gasteiger partial charge in [0.15, 0.2) is 5.58 Å². The number of aliphatic hydroxyl groups excluding tert-OH is 1. The summed E-state index contributed by atoms with van der Waals surface area (Å²) in [5, 5.41) is 14.3. The molecule has 1 unspecified atom stereocenters. The molecule has 26 heavy (non-hydrogen) atoms. The smallest absolute Gasteiger partial charge is 0.298 e. The van der Waals surface area contributed by atoms with Gasteiger partial charge in [-0.15, -0.1) is 0 Å².